The highest BCUT2D eigenvalue weighted by Gasteiger charge is 2.29. The molecular formula is C15H22N2O3. The molecule has 0 radical (unpaired) electrons. The van der Waals surface area contributed by atoms with Gasteiger partial charge in [0.1, 0.15) is 0 Å². The summed E-state index contributed by atoms with van der Waals surface area (Å²) in [5, 5.41) is 2.92. The van der Waals surface area contributed by atoms with Gasteiger partial charge in [-0.3, -0.25) is 4.79 Å². The van der Waals surface area contributed by atoms with Crippen LogP contribution in [0.25, 0.3) is 0 Å². The zero-order valence-electron chi connectivity index (χ0n) is 12.0. The Hall–Kier alpha value is -1.43. The Morgan fingerprint density at radius 1 is 1.45 bits per heavy atom. The van der Waals surface area contributed by atoms with Crippen molar-refractivity contribution in [1.29, 1.82) is 0 Å². The molecule has 1 aliphatic heterocycles. The van der Waals surface area contributed by atoms with Gasteiger partial charge in [-0.15, -0.1) is 0 Å². The van der Waals surface area contributed by atoms with Crippen LogP contribution >= 0.6 is 0 Å². The molecule has 0 aromatic heterocycles. The summed E-state index contributed by atoms with van der Waals surface area (Å²) >= 11 is 0. The maximum Gasteiger partial charge on any atom is 0.231 e. The summed E-state index contributed by atoms with van der Waals surface area (Å²) in [4.78, 5) is 12.3. The maximum atomic E-state index is 12.3. The first-order chi connectivity index (χ1) is 9.59. The summed E-state index contributed by atoms with van der Waals surface area (Å²) in [6.07, 6.45) is 0.364. The molecule has 1 unspecified atom stereocenters. The number of rotatable bonds is 5. The van der Waals surface area contributed by atoms with Crippen molar-refractivity contribution in [2.75, 3.05) is 25.1 Å². The van der Waals surface area contributed by atoms with Crippen LogP contribution in [0.2, 0.25) is 0 Å². The number of benzene rings is 1. The Bertz CT molecular complexity index is 466. The average molecular weight is 278 g/mol. The molecule has 110 valence electrons. The first kappa shape index (κ1) is 15.0. The number of nitrogens with two attached hydrogens (primary N) is 1. The molecule has 1 fully saturated rings. The Kier molecular flexibility index (Phi) is 4.75. The summed E-state index contributed by atoms with van der Waals surface area (Å²) in [7, 11) is 0. The van der Waals surface area contributed by atoms with Crippen molar-refractivity contribution in [2.24, 2.45) is 11.1 Å². The van der Waals surface area contributed by atoms with Crippen LogP contribution in [-0.2, 0) is 14.3 Å². The Balaban J connectivity index is 2.09. The van der Waals surface area contributed by atoms with E-state index in [0.717, 1.165) is 11.3 Å². The van der Waals surface area contributed by atoms with E-state index >= 15 is 0 Å². The molecule has 1 heterocycles. The van der Waals surface area contributed by atoms with Crippen molar-refractivity contribution >= 4 is 11.6 Å². The van der Waals surface area contributed by atoms with E-state index in [1.165, 1.54) is 0 Å². The van der Waals surface area contributed by atoms with E-state index in [0.29, 0.717) is 26.2 Å². The number of ether oxygens (including phenoxy) is 2. The van der Waals surface area contributed by atoms with Crippen molar-refractivity contribution in [3.05, 3.63) is 29.8 Å². The molecule has 1 aliphatic rings. The second-order valence-corrected chi connectivity index (χ2v) is 5.27. The van der Waals surface area contributed by atoms with Crippen molar-refractivity contribution < 1.29 is 14.3 Å². The Morgan fingerprint density at radius 2 is 2.15 bits per heavy atom. The van der Waals surface area contributed by atoms with E-state index in [9.17, 15) is 4.79 Å². The number of hydrogen-bond donors (Lipinski definition) is 2. The van der Waals surface area contributed by atoms with Gasteiger partial charge in [-0.25, -0.2) is 0 Å². The van der Waals surface area contributed by atoms with Crippen molar-refractivity contribution in [1.82, 2.24) is 0 Å². The molecule has 1 aromatic rings. The first-order valence-corrected chi connectivity index (χ1v) is 6.94. The molecule has 5 heteroatoms. The molecule has 1 atom stereocenters. The van der Waals surface area contributed by atoms with Crippen LogP contribution in [0.4, 0.5) is 5.69 Å². The average Bonchev–Trinajstić information content (AvgIpc) is 3.01. The van der Waals surface area contributed by atoms with E-state index in [1.54, 1.807) is 0 Å². The van der Waals surface area contributed by atoms with Gasteiger partial charge < -0.3 is 20.5 Å². The van der Waals surface area contributed by atoms with Crippen LogP contribution in [0.3, 0.4) is 0 Å². The van der Waals surface area contributed by atoms with Gasteiger partial charge in [0, 0.05) is 17.8 Å². The van der Waals surface area contributed by atoms with Crippen molar-refractivity contribution in [2.45, 2.75) is 26.6 Å². The largest absolute Gasteiger partial charge is 0.346 e. The molecular weight excluding hydrogens is 256 g/mol. The Morgan fingerprint density at radius 3 is 2.75 bits per heavy atom. The van der Waals surface area contributed by atoms with Crippen LogP contribution in [0.5, 0.6) is 0 Å². The number of anilines is 1. The molecule has 0 spiro atoms. The number of amides is 1. The van der Waals surface area contributed by atoms with Crippen LogP contribution < -0.4 is 11.1 Å². The van der Waals surface area contributed by atoms with E-state index in [4.69, 9.17) is 15.2 Å². The van der Waals surface area contributed by atoms with Crippen LogP contribution in [0.1, 0.15) is 32.1 Å². The predicted octanol–water partition coefficient (Wildman–Crippen LogP) is 2.05. The van der Waals surface area contributed by atoms with E-state index in [2.05, 4.69) is 5.32 Å². The van der Waals surface area contributed by atoms with Crippen LogP contribution in [0.15, 0.2) is 24.3 Å². The Labute approximate surface area is 119 Å². The quantitative estimate of drug-likeness (QED) is 0.864. The van der Waals surface area contributed by atoms with Gasteiger partial charge >= 0.3 is 0 Å². The smallest absolute Gasteiger partial charge is 0.231 e. The normalized spacial score (nSPS) is 18.8. The molecule has 3 N–H and O–H groups in total. The lowest BCUT2D eigenvalue weighted by Crippen LogP contribution is -2.39. The summed E-state index contributed by atoms with van der Waals surface area (Å²) in [5.74, 6) is -0.0621. The fourth-order valence-corrected chi connectivity index (χ4v) is 1.99. The second kappa shape index (κ2) is 6.35. The zero-order valence-corrected chi connectivity index (χ0v) is 12.0. The van der Waals surface area contributed by atoms with Gasteiger partial charge in [0.05, 0.1) is 18.6 Å². The molecule has 2 rings (SSSR count). The maximum absolute atomic E-state index is 12.3. The highest BCUT2D eigenvalue weighted by Crippen LogP contribution is 2.27. The molecule has 1 amide bonds. The molecule has 0 aliphatic carbocycles. The van der Waals surface area contributed by atoms with Gasteiger partial charge in [0.15, 0.2) is 6.29 Å². The van der Waals surface area contributed by atoms with Crippen molar-refractivity contribution in [3.8, 4) is 0 Å². The summed E-state index contributed by atoms with van der Waals surface area (Å²) in [6, 6.07) is 7.53. The minimum absolute atomic E-state index is 0.0621. The number of carbonyl (C=O) groups is 1. The monoisotopic (exact) mass is 278 g/mol. The molecule has 0 saturated carbocycles. The molecule has 0 bridgehead atoms. The SMILES string of the molecule is CCC(C)(CN)C(=O)Nc1cccc(C2OCCO2)c1. The molecule has 20 heavy (non-hydrogen) atoms. The lowest BCUT2D eigenvalue weighted by Gasteiger charge is -2.25. The highest BCUT2D eigenvalue weighted by atomic mass is 16.7. The van der Waals surface area contributed by atoms with Gasteiger partial charge in [-0.1, -0.05) is 19.1 Å². The summed E-state index contributed by atoms with van der Waals surface area (Å²) in [6.45, 7) is 5.35. The summed E-state index contributed by atoms with van der Waals surface area (Å²) < 4.78 is 10.9. The number of hydrogen-bond acceptors (Lipinski definition) is 4. The van der Waals surface area contributed by atoms with Crippen molar-refractivity contribution in [3.63, 3.8) is 0 Å². The van der Waals surface area contributed by atoms with Gasteiger partial charge in [0.25, 0.3) is 0 Å². The van der Waals surface area contributed by atoms with Crippen LogP contribution in [0, 0.1) is 5.41 Å². The fraction of sp³-hybridized carbons (Fsp3) is 0.533. The van der Waals surface area contributed by atoms with Gasteiger partial charge in [-0.2, -0.15) is 0 Å². The minimum Gasteiger partial charge on any atom is -0.346 e. The number of carbonyl (C=O) groups excluding carboxylic acids is 1. The van der Waals surface area contributed by atoms with E-state index in [-0.39, 0.29) is 12.2 Å². The van der Waals surface area contributed by atoms with Gasteiger partial charge in [-0.05, 0) is 25.5 Å². The first-order valence-electron chi connectivity index (χ1n) is 6.94. The highest BCUT2D eigenvalue weighted by molar-refractivity contribution is 5.95. The van der Waals surface area contributed by atoms with E-state index in [1.807, 2.05) is 38.1 Å². The lowest BCUT2D eigenvalue weighted by atomic mass is 9.86. The molecule has 5 nitrogen and oxygen atoms in total. The fourth-order valence-electron chi connectivity index (χ4n) is 1.99. The van der Waals surface area contributed by atoms with Crippen LogP contribution in [-0.4, -0.2) is 25.7 Å². The predicted molar refractivity (Wildman–Crippen MR) is 77.2 cm³/mol. The lowest BCUT2D eigenvalue weighted by molar-refractivity contribution is -0.124. The number of nitrogens with one attached hydrogen (secondary N) is 1. The molecule has 1 saturated heterocycles. The summed E-state index contributed by atoms with van der Waals surface area (Å²) in [5.41, 5.74) is 6.80. The second-order valence-electron chi connectivity index (χ2n) is 5.27. The zero-order chi connectivity index (χ0) is 14.6. The molecule has 1 aromatic carbocycles. The standard InChI is InChI=1S/C15H22N2O3/c1-3-15(2,10-16)14(18)17-12-6-4-5-11(9-12)13-19-7-8-20-13/h4-6,9,13H,3,7-8,10,16H2,1-2H3,(H,17,18). The van der Waals surface area contributed by atoms with Gasteiger partial charge in [0.2, 0.25) is 5.91 Å². The minimum atomic E-state index is -0.545. The third-order valence-electron chi connectivity index (χ3n) is 3.82. The topological polar surface area (TPSA) is 73.6 Å². The van der Waals surface area contributed by atoms with E-state index < -0.39 is 5.41 Å². The third kappa shape index (κ3) is 3.17. The third-order valence-corrected chi connectivity index (χ3v) is 3.82.